The summed E-state index contributed by atoms with van der Waals surface area (Å²) in [6.45, 7) is 0.681. The molecule has 1 aliphatic carbocycles. The summed E-state index contributed by atoms with van der Waals surface area (Å²) < 4.78 is 0. The maximum Gasteiger partial charge on any atom is 0.261 e. The minimum absolute atomic E-state index is 0.0818. The normalized spacial score (nSPS) is 16.7. The summed E-state index contributed by atoms with van der Waals surface area (Å²) in [4.78, 5) is 37.7. The van der Waals surface area contributed by atoms with Gasteiger partial charge in [-0.3, -0.25) is 19.3 Å². The predicted molar refractivity (Wildman–Crippen MR) is 95.6 cm³/mol. The second kappa shape index (κ2) is 7.83. The van der Waals surface area contributed by atoms with Gasteiger partial charge in [-0.1, -0.05) is 23.3 Å². The highest BCUT2D eigenvalue weighted by atomic mass is 35.5. The van der Waals surface area contributed by atoms with Gasteiger partial charge in [0.05, 0.1) is 11.1 Å². The maximum atomic E-state index is 12.3. The lowest BCUT2D eigenvalue weighted by Gasteiger charge is -2.15. The zero-order chi connectivity index (χ0) is 17.8. The van der Waals surface area contributed by atoms with Crippen molar-refractivity contribution >= 4 is 29.3 Å². The van der Waals surface area contributed by atoms with Crippen LogP contribution in [0.25, 0.3) is 0 Å². The number of carbonyl (C=O) groups is 3. The molecule has 0 saturated heterocycles. The fourth-order valence-corrected chi connectivity index (χ4v) is 3.43. The summed E-state index contributed by atoms with van der Waals surface area (Å²) in [6.07, 6.45) is 7.97. The SMILES string of the molecule is O=C(CCN1C(=O)c2ccc(Cl)cc2C1=O)NCCC1=CCCCC1. The van der Waals surface area contributed by atoms with E-state index >= 15 is 0 Å². The number of halogens is 1. The average Bonchev–Trinajstić information content (AvgIpc) is 2.84. The van der Waals surface area contributed by atoms with Crippen LogP contribution in [-0.4, -0.2) is 35.7 Å². The van der Waals surface area contributed by atoms with Gasteiger partial charge in [0.2, 0.25) is 5.91 Å². The number of imide groups is 1. The Kier molecular flexibility index (Phi) is 5.53. The standard InChI is InChI=1S/C19H21ClN2O3/c20-14-6-7-15-16(12-14)19(25)22(18(15)24)11-9-17(23)21-10-8-13-4-2-1-3-5-13/h4,6-7,12H,1-3,5,8-11H2,(H,21,23). The molecule has 1 aromatic rings. The number of rotatable bonds is 6. The van der Waals surface area contributed by atoms with Gasteiger partial charge in [0.15, 0.2) is 0 Å². The fraction of sp³-hybridized carbons (Fsp3) is 0.421. The van der Waals surface area contributed by atoms with Gasteiger partial charge >= 0.3 is 0 Å². The van der Waals surface area contributed by atoms with Gasteiger partial charge in [-0.25, -0.2) is 0 Å². The molecule has 1 aromatic carbocycles. The molecule has 1 heterocycles. The van der Waals surface area contributed by atoms with E-state index in [1.807, 2.05) is 0 Å². The number of amides is 3. The number of nitrogens with zero attached hydrogens (tertiary/aromatic N) is 1. The molecule has 0 fully saturated rings. The minimum atomic E-state index is -0.386. The van der Waals surface area contributed by atoms with Crippen molar-refractivity contribution in [3.05, 3.63) is 46.0 Å². The van der Waals surface area contributed by atoms with Crippen molar-refractivity contribution in [2.45, 2.75) is 38.5 Å². The fourth-order valence-electron chi connectivity index (χ4n) is 3.26. The quantitative estimate of drug-likeness (QED) is 0.625. The van der Waals surface area contributed by atoms with Crippen molar-refractivity contribution in [3.63, 3.8) is 0 Å². The Hall–Kier alpha value is -2.14. The molecule has 25 heavy (non-hydrogen) atoms. The molecule has 0 saturated carbocycles. The predicted octanol–water partition coefficient (Wildman–Crippen LogP) is 3.33. The summed E-state index contributed by atoms with van der Waals surface area (Å²) >= 11 is 5.88. The Morgan fingerprint density at radius 2 is 1.96 bits per heavy atom. The van der Waals surface area contributed by atoms with Crippen LogP contribution in [-0.2, 0) is 4.79 Å². The second-order valence-corrected chi connectivity index (χ2v) is 6.85. The molecule has 1 N–H and O–H groups in total. The van der Waals surface area contributed by atoms with Crippen LogP contribution in [0.2, 0.25) is 5.02 Å². The first-order valence-electron chi connectivity index (χ1n) is 8.66. The Morgan fingerprint density at radius 3 is 2.72 bits per heavy atom. The van der Waals surface area contributed by atoms with Crippen LogP contribution in [0.15, 0.2) is 29.8 Å². The average molecular weight is 361 g/mol. The molecule has 0 atom stereocenters. The van der Waals surface area contributed by atoms with Crippen LogP contribution >= 0.6 is 11.6 Å². The van der Waals surface area contributed by atoms with Crippen LogP contribution in [0.3, 0.4) is 0 Å². The number of hydrogen-bond donors (Lipinski definition) is 1. The first-order chi connectivity index (χ1) is 12.1. The van der Waals surface area contributed by atoms with Crippen LogP contribution in [0.4, 0.5) is 0 Å². The highest BCUT2D eigenvalue weighted by Crippen LogP contribution is 2.25. The topological polar surface area (TPSA) is 66.5 Å². The Balaban J connectivity index is 1.47. The number of benzene rings is 1. The second-order valence-electron chi connectivity index (χ2n) is 6.41. The summed E-state index contributed by atoms with van der Waals surface area (Å²) in [6, 6.07) is 4.63. The Morgan fingerprint density at radius 1 is 1.16 bits per heavy atom. The van der Waals surface area contributed by atoms with Crippen molar-refractivity contribution < 1.29 is 14.4 Å². The minimum Gasteiger partial charge on any atom is -0.356 e. The molecule has 132 valence electrons. The van der Waals surface area contributed by atoms with E-state index in [1.165, 1.54) is 24.5 Å². The maximum absolute atomic E-state index is 12.3. The van der Waals surface area contributed by atoms with Crippen molar-refractivity contribution in [1.82, 2.24) is 10.2 Å². The lowest BCUT2D eigenvalue weighted by Crippen LogP contribution is -2.34. The van der Waals surface area contributed by atoms with Gasteiger partial charge in [0.25, 0.3) is 11.8 Å². The lowest BCUT2D eigenvalue weighted by atomic mass is 9.97. The van der Waals surface area contributed by atoms with Crippen LogP contribution < -0.4 is 5.32 Å². The van der Waals surface area contributed by atoms with E-state index in [9.17, 15) is 14.4 Å². The van der Waals surface area contributed by atoms with E-state index in [0.29, 0.717) is 22.7 Å². The first kappa shape index (κ1) is 17.7. The molecule has 5 nitrogen and oxygen atoms in total. The zero-order valence-electron chi connectivity index (χ0n) is 14.0. The van der Waals surface area contributed by atoms with Gasteiger partial charge in [-0.2, -0.15) is 0 Å². The Labute approximate surface area is 152 Å². The number of nitrogens with one attached hydrogen (secondary N) is 1. The van der Waals surface area contributed by atoms with Crippen LogP contribution in [0.5, 0.6) is 0 Å². The molecule has 0 bridgehead atoms. The first-order valence-corrected chi connectivity index (χ1v) is 9.04. The highest BCUT2D eigenvalue weighted by molar-refractivity contribution is 6.32. The molecule has 3 amide bonds. The molecule has 2 aliphatic rings. The third kappa shape index (κ3) is 4.10. The van der Waals surface area contributed by atoms with Crippen molar-refractivity contribution in [1.29, 1.82) is 0 Å². The molecule has 1 aliphatic heterocycles. The van der Waals surface area contributed by atoms with Gasteiger partial charge in [0.1, 0.15) is 0 Å². The van der Waals surface area contributed by atoms with Crippen molar-refractivity contribution in [2.24, 2.45) is 0 Å². The molecule has 0 unspecified atom stereocenters. The van der Waals surface area contributed by atoms with E-state index < -0.39 is 0 Å². The third-order valence-corrected chi connectivity index (χ3v) is 4.88. The van der Waals surface area contributed by atoms with Gasteiger partial charge in [-0.15, -0.1) is 0 Å². The molecule has 0 spiro atoms. The molecule has 0 radical (unpaired) electrons. The van der Waals surface area contributed by atoms with Gasteiger partial charge < -0.3 is 5.32 Å². The number of allylic oxidation sites excluding steroid dienone is 1. The van der Waals surface area contributed by atoms with Crippen LogP contribution in [0, 0.1) is 0 Å². The monoisotopic (exact) mass is 360 g/mol. The summed E-state index contributed by atoms with van der Waals surface area (Å²) in [5, 5.41) is 3.28. The molecular formula is C19H21ClN2O3. The van der Waals surface area contributed by atoms with Gasteiger partial charge in [0, 0.05) is 24.5 Å². The molecule has 0 aromatic heterocycles. The van der Waals surface area contributed by atoms with Crippen molar-refractivity contribution in [2.75, 3.05) is 13.1 Å². The lowest BCUT2D eigenvalue weighted by molar-refractivity contribution is -0.121. The summed E-state index contributed by atoms with van der Waals surface area (Å²) in [5.41, 5.74) is 2.06. The third-order valence-electron chi connectivity index (χ3n) is 4.65. The van der Waals surface area contributed by atoms with Crippen LogP contribution in [0.1, 0.15) is 59.2 Å². The summed E-state index contributed by atoms with van der Waals surface area (Å²) in [5.74, 6) is -0.898. The van der Waals surface area contributed by atoms with Gasteiger partial charge in [-0.05, 0) is 50.3 Å². The number of hydrogen-bond acceptors (Lipinski definition) is 3. The summed E-state index contributed by atoms with van der Waals surface area (Å²) in [7, 11) is 0. The molecule has 3 rings (SSSR count). The highest BCUT2D eigenvalue weighted by Gasteiger charge is 2.35. The van der Waals surface area contributed by atoms with E-state index in [4.69, 9.17) is 11.6 Å². The molecular weight excluding hydrogens is 340 g/mol. The largest absolute Gasteiger partial charge is 0.356 e. The Bertz CT molecular complexity index is 742. The zero-order valence-corrected chi connectivity index (χ0v) is 14.8. The van der Waals surface area contributed by atoms with E-state index in [2.05, 4.69) is 11.4 Å². The van der Waals surface area contributed by atoms with Crippen molar-refractivity contribution in [3.8, 4) is 0 Å². The molecule has 6 heteroatoms. The smallest absolute Gasteiger partial charge is 0.261 e. The van der Waals surface area contributed by atoms with E-state index in [1.54, 1.807) is 12.1 Å². The van der Waals surface area contributed by atoms with E-state index in [0.717, 1.165) is 24.2 Å². The number of carbonyl (C=O) groups excluding carboxylic acids is 3. The number of fused-ring (bicyclic) bond motifs is 1. The van der Waals surface area contributed by atoms with E-state index in [-0.39, 0.29) is 30.7 Å².